The average Bonchev–Trinajstić information content (AvgIpc) is 2.81. The van der Waals surface area contributed by atoms with Crippen LogP contribution in [0.2, 0.25) is 0 Å². The summed E-state index contributed by atoms with van der Waals surface area (Å²) >= 11 is 0. The van der Waals surface area contributed by atoms with Gasteiger partial charge in [-0.05, 0) is 31.4 Å². The summed E-state index contributed by atoms with van der Waals surface area (Å²) in [7, 11) is 0. The lowest BCUT2D eigenvalue weighted by atomic mass is 9.90. The Hall–Kier alpha value is -0.550. The Balaban J connectivity index is 0.000001000. The van der Waals surface area contributed by atoms with Crippen LogP contribution in [0.4, 0.5) is 0 Å². The zero-order chi connectivity index (χ0) is 12.3. The first-order chi connectivity index (χ1) is 8.89. The fourth-order valence-electron chi connectivity index (χ4n) is 3.08. The van der Waals surface area contributed by atoms with Crippen molar-refractivity contribution in [3.8, 4) is 5.75 Å². The summed E-state index contributed by atoms with van der Waals surface area (Å²) in [4.78, 5) is 4.07. The maximum absolute atomic E-state index is 6.07. The molecular weight excluding hydrogens is 299 g/mol. The van der Waals surface area contributed by atoms with Crippen molar-refractivity contribution in [3.05, 3.63) is 24.5 Å². The molecule has 0 radical (unpaired) electrons. The number of halogens is 2. The van der Waals surface area contributed by atoms with Gasteiger partial charge in [0.05, 0.1) is 25.0 Å². The zero-order valence-electron chi connectivity index (χ0n) is 11.4. The van der Waals surface area contributed by atoms with E-state index in [4.69, 9.17) is 9.47 Å². The molecule has 0 bridgehead atoms. The van der Waals surface area contributed by atoms with Crippen LogP contribution in [-0.4, -0.2) is 36.9 Å². The molecule has 20 heavy (non-hydrogen) atoms. The third-order valence-electron chi connectivity index (χ3n) is 4.07. The molecule has 0 unspecified atom stereocenters. The molecule has 114 valence electrons. The van der Waals surface area contributed by atoms with E-state index in [9.17, 15) is 0 Å². The van der Waals surface area contributed by atoms with Crippen LogP contribution < -0.4 is 10.1 Å². The van der Waals surface area contributed by atoms with E-state index in [0.29, 0.717) is 5.92 Å². The number of hydrogen-bond donors (Lipinski definition) is 1. The van der Waals surface area contributed by atoms with Crippen molar-refractivity contribution in [1.82, 2.24) is 10.3 Å². The summed E-state index contributed by atoms with van der Waals surface area (Å²) < 4.78 is 11.9. The van der Waals surface area contributed by atoms with Crippen LogP contribution >= 0.6 is 24.8 Å². The zero-order valence-corrected chi connectivity index (χ0v) is 13.0. The Kier molecular flexibility index (Phi) is 7.03. The van der Waals surface area contributed by atoms with Gasteiger partial charge in [0.15, 0.2) is 0 Å². The van der Waals surface area contributed by atoms with Crippen LogP contribution in [0.25, 0.3) is 0 Å². The van der Waals surface area contributed by atoms with Crippen molar-refractivity contribution >= 4 is 24.8 Å². The largest absolute Gasteiger partial charge is 0.492 e. The smallest absolute Gasteiger partial charge is 0.137 e. The molecule has 2 aliphatic rings. The molecule has 1 saturated heterocycles. The van der Waals surface area contributed by atoms with Crippen molar-refractivity contribution in [2.75, 3.05) is 26.3 Å². The fourth-order valence-corrected chi connectivity index (χ4v) is 3.08. The molecular formula is C14H22Cl2N2O2. The molecule has 2 heterocycles. The highest BCUT2D eigenvalue weighted by Gasteiger charge is 2.45. The molecule has 1 spiro atoms. The third kappa shape index (κ3) is 3.76. The highest BCUT2D eigenvalue weighted by molar-refractivity contribution is 5.85. The van der Waals surface area contributed by atoms with E-state index in [1.54, 1.807) is 12.4 Å². The Morgan fingerprint density at radius 2 is 2.35 bits per heavy atom. The van der Waals surface area contributed by atoms with Gasteiger partial charge >= 0.3 is 0 Å². The van der Waals surface area contributed by atoms with Crippen molar-refractivity contribution in [2.45, 2.75) is 24.9 Å². The van der Waals surface area contributed by atoms with Crippen LogP contribution in [-0.2, 0) is 4.74 Å². The molecule has 1 saturated carbocycles. The minimum Gasteiger partial charge on any atom is -0.492 e. The number of ether oxygens (including phenoxy) is 2. The molecule has 1 aromatic rings. The van der Waals surface area contributed by atoms with Gasteiger partial charge in [0.2, 0.25) is 0 Å². The molecule has 1 aromatic heterocycles. The maximum Gasteiger partial charge on any atom is 0.137 e. The molecule has 1 aliphatic carbocycles. The van der Waals surface area contributed by atoms with Gasteiger partial charge in [-0.3, -0.25) is 4.98 Å². The summed E-state index contributed by atoms with van der Waals surface area (Å²) in [6.07, 6.45) is 7.12. The lowest BCUT2D eigenvalue weighted by Gasteiger charge is -2.39. The predicted octanol–water partition coefficient (Wildman–Crippen LogP) is 2.46. The maximum atomic E-state index is 6.07. The number of rotatable bonds is 3. The normalized spacial score (nSPS) is 28.5. The van der Waals surface area contributed by atoms with Crippen molar-refractivity contribution < 1.29 is 9.47 Å². The summed E-state index contributed by atoms with van der Waals surface area (Å²) in [6, 6.07) is 3.85. The summed E-state index contributed by atoms with van der Waals surface area (Å²) in [5.74, 6) is 1.34. The van der Waals surface area contributed by atoms with E-state index in [-0.39, 0.29) is 30.4 Å². The second-order valence-corrected chi connectivity index (χ2v) is 5.18. The van der Waals surface area contributed by atoms with Crippen molar-refractivity contribution in [2.24, 2.45) is 5.92 Å². The lowest BCUT2D eigenvalue weighted by molar-refractivity contribution is -0.0981. The topological polar surface area (TPSA) is 43.4 Å². The summed E-state index contributed by atoms with van der Waals surface area (Å²) in [5.41, 5.74) is 0.0143. The molecule has 1 N–H and O–H groups in total. The van der Waals surface area contributed by atoms with Crippen molar-refractivity contribution in [1.29, 1.82) is 0 Å². The second-order valence-electron chi connectivity index (χ2n) is 5.18. The number of morpholine rings is 1. The highest BCUT2D eigenvalue weighted by Crippen LogP contribution is 2.39. The van der Waals surface area contributed by atoms with Crippen LogP contribution in [0.15, 0.2) is 24.5 Å². The minimum atomic E-state index is 0. The van der Waals surface area contributed by atoms with E-state index < -0.39 is 0 Å². The van der Waals surface area contributed by atoms with Gasteiger partial charge < -0.3 is 14.8 Å². The first-order valence-electron chi connectivity index (χ1n) is 6.77. The van der Waals surface area contributed by atoms with Crippen LogP contribution in [0.1, 0.15) is 19.3 Å². The Bertz CT molecular complexity index is 386. The first kappa shape index (κ1) is 17.5. The highest BCUT2D eigenvalue weighted by atomic mass is 35.5. The fraction of sp³-hybridized carbons (Fsp3) is 0.643. The Morgan fingerprint density at radius 1 is 1.45 bits per heavy atom. The third-order valence-corrected chi connectivity index (χ3v) is 4.07. The number of nitrogens with zero attached hydrogens (tertiary/aromatic N) is 1. The quantitative estimate of drug-likeness (QED) is 0.929. The van der Waals surface area contributed by atoms with Gasteiger partial charge in [-0.1, -0.05) is 0 Å². The van der Waals surface area contributed by atoms with Crippen LogP contribution in [0.3, 0.4) is 0 Å². The molecule has 2 atom stereocenters. The van der Waals surface area contributed by atoms with Gasteiger partial charge in [-0.25, -0.2) is 0 Å². The van der Waals surface area contributed by atoms with E-state index in [0.717, 1.165) is 38.5 Å². The van der Waals surface area contributed by atoms with E-state index in [1.165, 1.54) is 12.8 Å². The van der Waals surface area contributed by atoms with Gasteiger partial charge in [0.25, 0.3) is 0 Å². The number of nitrogens with one attached hydrogen (secondary N) is 1. The standard InChI is InChI=1S/C14H20N2O2.2ClH/c1-3-12(10-17-13-4-2-6-15-9-13)14(5-1)11-16-7-8-18-14;;/h2,4,6,9,12,16H,1,3,5,7-8,10-11H2;2*1H/t12-,14+;;/m0../s1. The van der Waals surface area contributed by atoms with Gasteiger partial charge in [0, 0.05) is 25.2 Å². The summed E-state index contributed by atoms with van der Waals surface area (Å²) in [5, 5.41) is 3.45. The van der Waals surface area contributed by atoms with Gasteiger partial charge in [-0.15, -0.1) is 24.8 Å². The van der Waals surface area contributed by atoms with Crippen LogP contribution in [0.5, 0.6) is 5.75 Å². The van der Waals surface area contributed by atoms with Gasteiger partial charge in [-0.2, -0.15) is 0 Å². The molecule has 1 aliphatic heterocycles. The van der Waals surface area contributed by atoms with E-state index >= 15 is 0 Å². The van der Waals surface area contributed by atoms with Crippen LogP contribution in [0, 0.1) is 5.92 Å². The monoisotopic (exact) mass is 320 g/mol. The van der Waals surface area contributed by atoms with Gasteiger partial charge in [0.1, 0.15) is 5.75 Å². The van der Waals surface area contributed by atoms with Crippen molar-refractivity contribution in [3.63, 3.8) is 0 Å². The molecule has 6 heteroatoms. The first-order valence-corrected chi connectivity index (χ1v) is 6.77. The van der Waals surface area contributed by atoms with E-state index in [2.05, 4.69) is 10.3 Å². The number of hydrogen-bond acceptors (Lipinski definition) is 4. The SMILES string of the molecule is Cl.Cl.c1cncc(OC[C@@H]2CCC[C@@]23CNCCO3)c1. The summed E-state index contributed by atoms with van der Waals surface area (Å²) in [6.45, 7) is 3.49. The molecule has 0 aromatic carbocycles. The number of aromatic nitrogens is 1. The van der Waals surface area contributed by atoms with E-state index in [1.807, 2.05) is 12.1 Å². The second kappa shape index (κ2) is 8.03. The molecule has 3 rings (SSSR count). The minimum absolute atomic E-state index is 0. The average molecular weight is 321 g/mol. The lowest BCUT2D eigenvalue weighted by Crippen LogP contribution is -2.53. The predicted molar refractivity (Wildman–Crippen MR) is 83.1 cm³/mol. The molecule has 0 amide bonds. The Morgan fingerprint density at radius 3 is 3.05 bits per heavy atom. The molecule has 4 nitrogen and oxygen atoms in total. The molecule has 2 fully saturated rings. The Labute approximate surface area is 132 Å². The number of pyridine rings is 1.